The first-order chi connectivity index (χ1) is 12.1. The van der Waals surface area contributed by atoms with Gasteiger partial charge in [-0.1, -0.05) is 6.07 Å². The Hall–Kier alpha value is -2.21. The number of aryl methyl sites for hydroxylation is 1. The van der Waals surface area contributed by atoms with E-state index in [0.717, 1.165) is 37.4 Å². The number of imidazole rings is 1. The number of pyridine rings is 1. The SMILES string of the molecule is Cc1nccn1[C@@H](C)CC(=O)N1CCC(OCc2ccccn2)CC1. The van der Waals surface area contributed by atoms with Crippen molar-refractivity contribution in [3.05, 3.63) is 48.3 Å². The van der Waals surface area contributed by atoms with Crippen molar-refractivity contribution in [2.24, 2.45) is 0 Å². The average molecular weight is 342 g/mol. The van der Waals surface area contributed by atoms with E-state index in [-0.39, 0.29) is 18.1 Å². The van der Waals surface area contributed by atoms with Gasteiger partial charge in [0.25, 0.3) is 0 Å². The number of hydrogen-bond acceptors (Lipinski definition) is 4. The van der Waals surface area contributed by atoms with Crippen molar-refractivity contribution in [1.82, 2.24) is 19.4 Å². The van der Waals surface area contributed by atoms with E-state index in [2.05, 4.69) is 21.5 Å². The maximum atomic E-state index is 12.5. The molecule has 1 atom stereocenters. The van der Waals surface area contributed by atoms with Crippen LogP contribution >= 0.6 is 0 Å². The van der Waals surface area contributed by atoms with E-state index in [1.165, 1.54) is 0 Å². The Labute approximate surface area is 148 Å². The molecule has 3 heterocycles. The number of piperidine rings is 1. The number of amides is 1. The van der Waals surface area contributed by atoms with Gasteiger partial charge in [0.05, 0.1) is 18.4 Å². The molecule has 0 aliphatic carbocycles. The second-order valence-corrected chi connectivity index (χ2v) is 6.65. The van der Waals surface area contributed by atoms with Crippen LogP contribution in [0, 0.1) is 6.92 Å². The molecule has 3 rings (SSSR count). The van der Waals surface area contributed by atoms with Crippen molar-refractivity contribution < 1.29 is 9.53 Å². The van der Waals surface area contributed by atoms with Gasteiger partial charge < -0.3 is 14.2 Å². The molecule has 1 saturated heterocycles. The minimum absolute atomic E-state index is 0.133. The van der Waals surface area contributed by atoms with Crippen molar-refractivity contribution in [3.8, 4) is 0 Å². The van der Waals surface area contributed by atoms with Crippen LogP contribution in [-0.2, 0) is 16.1 Å². The average Bonchev–Trinajstić information content (AvgIpc) is 3.07. The lowest BCUT2D eigenvalue weighted by atomic mass is 10.1. The Morgan fingerprint density at radius 1 is 1.28 bits per heavy atom. The molecule has 25 heavy (non-hydrogen) atoms. The van der Waals surface area contributed by atoms with Crippen molar-refractivity contribution in [2.75, 3.05) is 13.1 Å². The highest BCUT2D eigenvalue weighted by Gasteiger charge is 2.24. The van der Waals surface area contributed by atoms with E-state index in [1.54, 1.807) is 12.4 Å². The van der Waals surface area contributed by atoms with Crippen LogP contribution in [0.25, 0.3) is 0 Å². The van der Waals surface area contributed by atoms with Crippen molar-refractivity contribution in [3.63, 3.8) is 0 Å². The van der Waals surface area contributed by atoms with E-state index >= 15 is 0 Å². The molecule has 1 fully saturated rings. The molecule has 6 nitrogen and oxygen atoms in total. The minimum Gasteiger partial charge on any atom is -0.372 e. The number of likely N-dealkylation sites (tertiary alicyclic amines) is 1. The van der Waals surface area contributed by atoms with Crippen LogP contribution in [0.4, 0.5) is 0 Å². The van der Waals surface area contributed by atoms with Crippen molar-refractivity contribution in [1.29, 1.82) is 0 Å². The maximum absolute atomic E-state index is 12.5. The highest BCUT2D eigenvalue weighted by Crippen LogP contribution is 2.19. The zero-order valence-electron chi connectivity index (χ0n) is 15.0. The van der Waals surface area contributed by atoms with Crippen LogP contribution in [0.15, 0.2) is 36.8 Å². The number of carbonyl (C=O) groups is 1. The molecule has 6 heteroatoms. The smallest absolute Gasteiger partial charge is 0.224 e. The van der Waals surface area contributed by atoms with Gasteiger partial charge in [-0.05, 0) is 38.8 Å². The monoisotopic (exact) mass is 342 g/mol. The lowest BCUT2D eigenvalue weighted by Gasteiger charge is -2.32. The van der Waals surface area contributed by atoms with Gasteiger partial charge >= 0.3 is 0 Å². The summed E-state index contributed by atoms with van der Waals surface area (Å²) in [6.07, 6.45) is 7.99. The molecular formula is C19H26N4O2. The van der Waals surface area contributed by atoms with Gasteiger partial charge in [-0.2, -0.15) is 0 Å². The predicted octanol–water partition coefficient (Wildman–Crippen LogP) is 2.75. The second kappa shape index (κ2) is 8.25. The molecule has 0 unspecified atom stereocenters. The minimum atomic E-state index is 0.133. The molecule has 0 radical (unpaired) electrons. The van der Waals surface area contributed by atoms with Gasteiger partial charge in [0.2, 0.25) is 5.91 Å². The number of ether oxygens (including phenoxy) is 1. The van der Waals surface area contributed by atoms with E-state index in [0.29, 0.717) is 13.0 Å². The molecule has 0 bridgehead atoms. The number of nitrogens with zero attached hydrogens (tertiary/aromatic N) is 4. The summed E-state index contributed by atoms with van der Waals surface area (Å²) >= 11 is 0. The Morgan fingerprint density at radius 3 is 2.72 bits per heavy atom. The summed E-state index contributed by atoms with van der Waals surface area (Å²) in [6.45, 7) is 6.10. The normalized spacial score (nSPS) is 16.8. The summed E-state index contributed by atoms with van der Waals surface area (Å²) in [4.78, 5) is 23.0. The summed E-state index contributed by atoms with van der Waals surface area (Å²) < 4.78 is 8.00. The van der Waals surface area contributed by atoms with Crippen LogP contribution in [-0.4, -0.2) is 44.5 Å². The summed E-state index contributed by atoms with van der Waals surface area (Å²) in [5.41, 5.74) is 0.950. The standard InChI is InChI=1S/C19H26N4O2/c1-15(23-12-9-20-16(23)2)13-19(24)22-10-6-18(7-11-22)25-14-17-5-3-4-8-21-17/h3-5,8-9,12,15,18H,6-7,10-11,13-14H2,1-2H3/t15-/m0/s1. The summed E-state index contributed by atoms with van der Waals surface area (Å²) in [7, 11) is 0. The summed E-state index contributed by atoms with van der Waals surface area (Å²) in [6, 6.07) is 5.97. The van der Waals surface area contributed by atoms with Crippen LogP contribution < -0.4 is 0 Å². The number of carbonyl (C=O) groups excluding carboxylic acids is 1. The Morgan fingerprint density at radius 2 is 2.08 bits per heavy atom. The predicted molar refractivity (Wildman–Crippen MR) is 94.9 cm³/mol. The molecule has 1 amide bonds. The van der Waals surface area contributed by atoms with Gasteiger partial charge in [-0.15, -0.1) is 0 Å². The van der Waals surface area contributed by atoms with Gasteiger partial charge in [-0.3, -0.25) is 9.78 Å². The lowest BCUT2D eigenvalue weighted by Crippen LogP contribution is -2.41. The quantitative estimate of drug-likeness (QED) is 0.810. The van der Waals surface area contributed by atoms with Crippen molar-refractivity contribution >= 4 is 5.91 Å². The number of rotatable bonds is 6. The van der Waals surface area contributed by atoms with Crippen molar-refractivity contribution in [2.45, 2.75) is 51.9 Å². The molecule has 1 aliphatic heterocycles. The van der Waals surface area contributed by atoms with Gasteiger partial charge in [-0.25, -0.2) is 4.98 Å². The van der Waals surface area contributed by atoms with Crippen LogP contribution in [0.2, 0.25) is 0 Å². The van der Waals surface area contributed by atoms with Gasteiger partial charge in [0, 0.05) is 44.1 Å². The molecule has 0 N–H and O–H groups in total. The van der Waals surface area contributed by atoms with E-state index in [4.69, 9.17) is 4.74 Å². The van der Waals surface area contributed by atoms with Gasteiger partial charge in [0.1, 0.15) is 5.82 Å². The molecule has 0 saturated carbocycles. The molecule has 2 aromatic rings. The first kappa shape index (κ1) is 17.6. The Bertz CT molecular complexity index is 678. The highest BCUT2D eigenvalue weighted by atomic mass is 16.5. The highest BCUT2D eigenvalue weighted by molar-refractivity contribution is 5.76. The Balaban J connectivity index is 1.42. The maximum Gasteiger partial charge on any atom is 0.224 e. The Kier molecular flexibility index (Phi) is 5.81. The molecule has 134 valence electrons. The molecule has 1 aliphatic rings. The number of aromatic nitrogens is 3. The fraction of sp³-hybridized carbons (Fsp3) is 0.526. The molecular weight excluding hydrogens is 316 g/mol. The summed E-state index contributed by atoms with van der Waals surface area (Å²) in [5, 5.41) is 0. The number of hydrogen-bond donors (Lipinski definition) is 0. The first-order valence-electron chi connectivity index (χ1n) is 8.92. The zero-order chi connectivity index (χ0) is 17.6. The largest absolute Gasteiger partial charge is 0.372 e. The van der Waals surface area contributed by atoms with Gasteiger partial charge in [0.15, 0.2) is 0 Å². The van der Waals surface area contributed by atoms with E-state index < -0.39 is 0 Å². The third-order valence-electron chi connectivity index (χ3n) is 4.79. The van der Waals surface area contributed by atoms with E-state index in [9.17, 15) is 4.79 Å². The first-order valence-corrected chi connectivity index (χ1v) is 8.92. The topological polar surface area (TPSA) is 60.2 Å². The molecule has 0 spiro atoms. The zero-order valence-corrected chi connectivity index (χ0v) is 15.0. The summed E-state index contributed by atoms with van der Waals surface area (Å²) in [5.74, 6) is 1.16. The molecule has 2 aromatic heterocycles. The third-order valence-corrected chi connectivity index (χ3v) is 4.79. The van der Waals surface area contributed by atoms with Crippen LogP contribution in [0.1, 0.15) is 43.7 Å². The fourth-order valence-corrected chi connectivity index (χ4v) is 3.29. The third kappa shape index (κ3) is 4.66. The fourth-order valence-electron chi connectivity index (χ4n) is 3.29. The lowest BCUT2D eigenvalue weighted by molar-refractivity contribution is -0.134. The van der Waals surface area contributed by atoms with Crippen LogP contribution in [0.5, 0.6) is 0 Å². The molecule has 0 aromatic carbocycles. The second-order valence-electron chi connectivity index (χ2n) is 6.65. The van der Waals surface area contributed by atoms with E-state index in [1.807, 2.05) is 36.2 Å². The van der Waals surface area contributed by atoms with Crippen LogP contribution in [0.3, 0.4) is 0 Å².